The zero-order chi connectivity index (χ0) is 15.1. The van der Waals surface area contributed by atoms with E-state index in [0.29, 0.717) is 17.1 Å². The molecule has 1 aromatic heterocycles. The molecule has 0 spiro atoms. The van der Waals surface area contributed by atoms with Crippen molar-refractivity contribution >= 4 is 5.91 Å². The Hall–Kier alpha value is -2.50. The summed E-state index contributed by atoms with van der Waals surface area (Å²) >= 11 is 0. The highest BCUT2D eigenvalue weighted by atomic mass is 16.7. The number of likely N-dealkylation sites (tertiary alicyclic amines) is 1. The van der Waals surface area contributed by atoms with Crippen molar-refractivity contribution < 1.29 is 18.8 Å². The molecule has 2 aromatic rings. The average Bonchev–Trinajstić information content (AvgIpc) is 3.25. The van der Waals surface area contributed by atoms with Gasteiger partial charge < -0.3 is 18.9 Å². The molecule has 1 atom stereocenters. The van der Waals surface area contributed by atoms with E-state index in [1.54, 1.807) is 18.2 Å². The van der Waals surface area contributed by atoms with Crippen LogP contribution in [0.5, 0.6) is 11.5 Å². The molecule has 22 heavy (non-hydrogen) atoms. The Morgan fingerprint density at radius 2 is 2.14 bits per heavy atom. The number of ether oxygens (including phenoxy) is 2. The summed E-state index contributed by atoms with van der Waals surface area (Å²) in [5, 5.41) is 3.93. The number of aryl methyl sites for hydroxylation is 1. The predicted molar refractivity (Wildman–Crippen MR) is 76.8 cm³/mol. The minimum Gasteiger partial charge on any atom is -0.454 e. The molecular formula is C16H16N2O4. The Labute approximate surface area is 127 Å². The van der Waals surface area contributed by atoms with Gasteiger partial charge in [-0.1, -0.05) is 5.16 Å². The molecule has 0 bridgehead atoms. The van der Waals surface area contributed by atoms with Gasteiger partial charge in [0.25, 0.3) is 5.91 Å². The van der Waals surface area contributed by atoms with Gasteiger partial charge in [0.05, 0.1) is 11.7 Å². The van der Waals surface area contributed by atoms with E-state index in [2.05, 4.69) is 5.16 Å². The van der Waals surface area contributed by atoms with Crippen molar-refractivity contribution in [2.45, 2.75) is 25.8 Å². The first kappa shape index (κ1) is 13.2. The summed E-state index contributed by atoms with van der Waals surface area (Å²) in [5.41, 5.74) is 1.43. The molecule has 1 aromatic carbocycles. The van der Waals surface area contributed by atoms with Crippen molar-refractivity contribution in [3.63, 3.8) is 0 Å². The van der Waals surface area contributed by atoms with Crippen LogP contribution in [-0.2, 0) is 0 Å². The van der Waals surface area contributed by atoms with Gasteiger partial charge in [-0.3, -0.25) is 4.79 Å². The van der Waals surface area contributed by atoms with E-state index in [-0.39, 0.29) is 18.7 Å². The number of aromatic nitrogens is 1. The van der Waals surface area contributed by atoms with E-state index in [0.717, 1.165) is 30.8 Å². The maximum Gasteiger partial charge on any atom is 0.254 e. The summed E-state index contributed by atoms with van der Waals surface area (Å²) in [6, 6.07) is 7.15. The van der Waals surface area contributed by atoms with E-state index in [4.69, 9.17) is 14.0 Å². The molecule has 4 rings (SSSR count). The fourth-order valence-corrected chi connectivity index (χ4v) is 3.04. The summed E-state index contributed by atoms with van der Waals surface area (Å²) in [7, 11) is 0. The molecule has 1 fully saturated rings. The van der Waals surface area contributed by atoms with Gasteiger partial charge in [-0.05, 0) is 38.0 Å². The second-order valence-electron chi connectivity index (χ2n) is 5.60. The number of carbonyl (C=O) groups is 1. The SMILES string of the molecule is Cc1cc([C@@H]2CCCN2C(=O)c2ccc3c(c2)OCO3)on1. The molecule has 3 heterocycles. The lowest BCUT2D eigenvalue weighted by Crippen LogP contribution is -2.30. The molecule has 6 nitrogen and oxygen atoms in total. The van der Waals surface area contributed by atoms with Crippen LogP contribution in [0.1, 0.15) is 40.7 Å². The van der Waals surface area contributed by atoms with E-state index < -0.39 is 0 Å². The van der Waals surface area contributed by atoms with Gasteiger partial charge in [-0.15, -0.1) is 0 Å². The van der Waals surface area contributed by atoms with Crippen LogP contribution in [0.3, 0.4) is 0 Å². The van der Waals surface area contributed by atoms with Crippen LogP contribution in [0.4, 0.5) is 0 Å². The van der Waals surface area contributed by atoms with Crippen molar-refractivity contribution in [2.24, 2.45) is 0 Å². The van der Waals surface area contributed by atoms with E-state index >= 15 is 0 Å². The normalized spacial score (nSPS) is 19.7. The van der Waals surface area contributed by atoms with Crippen LogP contribution in [0.15, 0.2) is 28.8 Å². The van der Waals surface area contributed by atoms with Gasteiger partial charge in [0.2, 0.25) is 6.79 Å². The third kappa shape index (κ3) is 2.11. The lowest BCUT2D eigenvalue weighted by molar-refractivity contribution is 0.0714. The monoisotopic (exact) mass is 300 g/mol. The highest BCUT2D eigenvalue weighted by molar-refractivity contribution is 5.95. The van der Waals surface area contributed by atoms with Crippen molar-refractivity contribution in [1.29, 1.82) is 0 Å². The first-order valence-corrected chi connectivity index (χ1v) is 7.36. The second kappa shape index (κ2) is 5.05. The van der Waals surface area contributed by atoms with Gasteiger partial charge in [0.1, 0.15) is 0 Å². The number of benzene rings is 1. The third-order valence-corrected chi connectivity index (χ3v) is 4.11. The van der Waals surface area contributed by atoms with Gasteiger partial charge in [-0.25, -0.2) is 0 Å². The van der Waals surface area contributed by atoms with Crippen molar-refractivity contribution in [1.82, 2.24) is 10.1 Å². The van der Waals surface area contributed by atoms with Crippen molar-refractivity contribution in [3.05, 3.63) is 41.3 Å². The molecule has 0 unspecified atom stereocenters. The van der Waals surface area contributed by atoms with Gasteiger partial charge in [0, 0.05) is 18.2 Å². The van der Waals surface area contributed by atoms with Crippen LogP contribution in [0, 0.1) is 6.92 Å². The Bertz CT molecular complexity index is 725. The number of rotatable bonds is 2. The second-order valence-corrected chi connectivity index (χ2v) is 5.60. The summed E-state index contributed by atoms with van der Waals surface area (Å²) in [5.74, 6) is 2.04. The van der Waals surface area contributed by atoms with E-state index in [9.17, 15) is 4.79 Å². The molecular weight excluding hydrogens is 284 g/mol. The van der Waals surface area contributed by atoms with Crippen LogP contribution < -0.4 is 9.47 Å². The highest BCUT2D eigenvalue weighted by Crippen LogP contribution is 2.36. The third-order valence-electron chi connectivity index (χ3n) is 4.11. The maximum absolute atomic E-state index is 12.8. The molecule has 2 aliphatic rings. The number of nitrogens with zero attached hydrogens (tertiary/aromatic N) is 2. The quantitative estimate of drug-likeness (QED) is 0.853. The van der Waals surface area contributed by atoms with Crippen molar-refractivity contribution in [3.8, 4) is 11.5 Å². The Morgan fingerprint density at radius 1 is 1.27 bits per heavy atom. The Kier molecular flexibility index (Phi) is 3.03. The molecule has 114 valence electrons. The molecule has 6 heteroatoms. The molecule has 2 aliphatic heterocycles. The minimum absolute atomic E-state index is 0.0187. The molecule has 0 aliphatic carbocycles. The molecule has 0 saturated carbocycles. The smallest absolute Gasteiger partial charge is 0.254 e. The first-order chi connectivity index (χ1) is 10.7. The predicted octanol–water partition coefficient (Wildman–Crippen LogP) is 2.69. The lowest BCUT2D eigenvalue weighted by atomic mass is 10.1. The number of fused-ring (bicyclic) bond motifs is 1. The molecule has 0 radical (unpaired) electrons. The van der Waals surface area contributed by atoms with Crippen LogP contribution >= 0.6 is 0 Å². The highest BCUT2D eigenvalue weighted by Gasteiger charge is 2.33. The van der Waals surface area contributed by atoms with Crippen LogP contribution in [0.25, 0.3) is 0 Å². The fraction of sp³-hybridized carbons (Fsp3) is 0.375. The minimum atomic E-state index is -0.0425. The molecule has 1 saturated heterocycles. The van der Waals surface area contributed by atoms with Gasteiger partial charge >= 0.3 is 0 Å². The fourth-order valence-electron chi connectivity index (χ4n) is 3.04. The van der Waals surface area contributed by atoms with Gasteiger partial charge in [-0.2, -0.15) is 0 Å². The average molecular weight is 300 g/mol. The van der Waals surface area contributed by atoms with Crippen molar-refractivity contribution in [2.75, 3.05) is 13.3 Å². The summed E-state index contributed by atoms with van der Waals surface area (Å²) in [6.07, 6.45) is 1.85. The molecule has 0 N–H and O–H groups in total. The van der Waals surface area contributed by atoms with Crippen LogP contribution in [0.2, 0.25) is 0 Å². The largest absolute Gasteiger partial charge is 0.454 e. The maximum atomic E-state index is 12.8. The Morgan fingerprint density at radius 3 is 2.95 bits per heavy atom. The van der Waals surface area contributed by atoms with Gasteiger partial charge in [0.15, 0.2) is 17.3 Å². The summed E-state index contributed by atoms with van der Waals surface area (Å²) in [4.78, 5) is 14.6. The lowest BCUT2D eigenvalue weighted by Gasteiger charge is -2.22. The first-order valence-electron chi connectivity index (χ1n) is 7.36. The zero-order valence-corrected chi connectivity index (χ0v) is 12.2. The summed E-state index contributed by atoms with van der Waals surface area (Å²) < 4.78 is 16.0. The van der Waals surface area contributed by atoms with E-state index in [1.807, 2.05) is 17.9 Å². The number of hydrogen-bond acceptors (Lipinski definition) is 5. The number of carbonyl (C=O) groups excluding carboxylic acids is 1. The number of hydrogen-bond donors (Lipinski definition) is 0. The topological polar surface area (TPSA) is 64.8 Å². The van der Waals surface area contributed by atoms with Crippen LogP contribution in [-0.4, -0.2) is 29.3 Å². The Balaban J connectivity index is 1.61. The standard InChI is InChI=1S/C16H16N2O4/c1-10-7-14(22-17-10)12-3-2-6-18(12)16(19)11-4-5-13-15(8-11)21-9-20-13/h4-5,7-8,12H,2-3,6,9H2,1H3/t12-/m0/s1. The summed E-state index contributed by atoms with van der Waals surface area (Å²) in [6.45, 7) is 2.81. The zero-order valence-electron chi connectivity index (χ0n) is 12.2. The molecule has 1 amide bonds. The number of amides is 1. The van der Waals surface area contributed by atoms with E-state index in [1.165, 1.54) is 0 Å².